The van der Waals surface area contributed by atoms with Crippen LogP contribution in [0.25, 0.3) is 10.8 Å². The van der Waals surface area contributed by atoms with Crippen molar-refractivity contribution in [2.75, 3.05) is 11.9 Å². The fourth-order valence-electron chi connectivity index (χ4n) is 5.23. The van der Waals surface area contributed by atoms with Gasteiger partial charge in [-0.1, -0.05) is 120 Å². The number of carboxylic acids is 1. The van der Waals surface area contributed by atoms with Crippen LogP contribution in [0.15, 0.2) is 91.0 Å². The number of hydrogen-bond acceptors (Lipinski definition) is 3. The first kappa shape index (κ1) is 41.3. The first-order chi connectivity index (χ1) is 23.2. The van der Waals surface area contributed by atoms with Gasteiger partial charge in [0.05, 0.1) is 0 Å². The summed E-state index contributed by atoms with van der Waals surface area (Å²) < 4.78 is 37.8. The molecular weight excluding hydrogens is 623 g/mol. The van der Waals surface area contributed by atoms with Crippen molar-refractivity contribution in [3.05, 3.63) is 113 Å². The molecule has 0 aliphatic rings. The number of fused-ring (bicyclic) bond motifs is 1. The molecule has 0 spiro atoms. The average Bonchev–Trinajstić information content (AvgIpc) is 3.10. The molecule has 0 aliphatic heterocycles. The van der Waals surface area contributed by atoms with Crippen molar-refractivity contribution in [3.63, 3.8) is 0 Å². The van der Waals surface area contributed by atoms with Gasteiger partial charge in [0.1, 0.15) is 0 Å². The highest BCUT2D eigenvalue weighted by molar-refractivity contribution is 5.86. The van der Waals surface area contributed by atoms with E-state index in [0.29, 0.717) is 17.8 Å². The first-order valence-electron chi connectivity index (χ1n) is 17.6. The van der Waals surface area contributed by atoms with Crippen molar-refractivity contribution in [1.82, 2.24) is 0 Å². The highest BCUT2D eigenvalue weighted by Crippen LogP contribution is 2.38. The van der Waals surface area contributed by atoms with Crippen molar-refractivity contribution in [2.24, 2.45) is 0 Å². The number of carboxylic acid groups (broad SMARTS) is 1. The molecule has 0 aromatic heterocycles. The first-order valence-corrected chi connectivity index (χ1v) is 17.6. The van der Waals surface area contributed by atoms with Crippen LogP contribution in [-0.4, -0.2) is 28.9 Å². The standard InChI is InChI=1S/C15H23NO2.C14H16.C13H17F3O/c1-3-12(2)13-7-9-14(10-8-13)16-11-5-4-6-15(17)18;1-3-11(2)13-10-6-8-12-7-4-5-9-14(12)13;1-4-9(2)10-5-7-11(8-6-10)12(3,17)13(14,15)16/h7-10,12,16H,3-6,11H2,1-2H3,(H,17,18);4-11H,3H2,1-2H3;5-9,17H,4H2,1-3H3. The molecule has 4 unspecified atom stereocenters. The molecule has 0 bridgehead atoms. The van der Waals surface area contributed by atoms with Crippen molar-refractivity contribution >= 4 is 22.4 Å². The molecule has 4 aromatic rings. The van der Waals surface area contributed by atoms with Crippen molar-refractivity contribution in [3.8, 4) is 0 Å². The van der Waals surface area contributed by atoms with Crippen LogP contribution in [0.3, 0.4) is 0 Å². The van der Waals surface area contributed by atoms with E-state index < -0.39 is 17.7 Å². The molecule has 0 heterocycles. The predicted molar refractivity (Wildman–Crippen MR) is 199 cm³/mol. The molecule has 0 aliphatic carbocycles. The third-order valence-electron chi connectivity index (χ3n) is 9.41. The van der Waals surface area contributed by atoms with Crippen LogP contribution in [-0.2, 0) is 10.4 Å². The maximum Gasteiger partial charge on any atom is 0.421 e. The summed E-state index contributed by atoms with van der Waals surface area (Å²) in [5.74, 6) is 0.850. The number of nitrogens with one attached hydrogen (secondary N) is 1. The number of unbranched alkanes of at least 4 members (excludes halogenated alkanes) is 1. The van der Waals surface area contributed by atoms with Crippen LogP contribution in [0.4, 0.5) is 18.9 Å². The van der Waals surface area contributed by atoms with E-state index in [1.807, 2.05) is 13.8 Å². The monoisotopic (exact) mass is 679 g/mol. The number of alkyl halides is 3. The Morgan fingerprint density at radius 2 is 1.22 bits per heavy atom. The summed E-state index contributed by atoms with van der Waals surface area (Å²) in [7, 11) is 0. The van der Waals surface area contributed by atoms with Crippen LogP contribution in [0, 0.1) is 0 Å². The minimum Gasteiger partial charge on any atom is -0.481 e. The van der Waals surface area contributed by atoms with Gasteiger partial charge in [-0.25, -0.2) is 0 Å². The summed E-state index contributed by atoms with van der Waals surface area (Å²) >= 11 is 0. The number of aliphatic hydroxyl groups is 1. The second kappa shape index (κ2) is 20.0. The number of hydrogen-bond donors (Lipinski definition) is 3. The Hall–Kier alpha value is -3.84. The normalized spacial score (nSPS) is 14.3. The summed E-state index contributed by atoms with van der Waals surface area (Å²) in [4.78, 5) is 10.3. The van der Waals surface area contributed by atoms with Gasteiger partial charge in [0.2, 0.25) is 0 Å². The molecule has 0 fully saturated rings. The van der Waals surface area contributed by atoms with Crippen molar-refractivity contribution in [1.29, 1.82) is 0 Å². The van der Waals surface area contributed by atoms with Gasteiger partial charge in [-0.05, 0) is 102 Å². The molecular formula is C42H56F3NO3. The lowest BCUT2D eigenvalue weighted by atomic mass is 9.91. The van der Waals surface area contributed by atoms with E-state index in [-0.39, 0.29) is 12.0 Å². The Morgan fingerprint density at radius 1 is 0.714 bits per heavy atom. The second-order valence-corrected chi connectivity index (χ2v) is 13.1. The van der Waals surface area contributed by atoms with E-state index in [2.05, 4.69) is 99.7 Å². The largest absolute Gasteiger partial charge is 0.481 e. The second-order valence-electron chi connectivity index (χ2n) is 13.1. The number of aliphatic carboxylic acids is 1. The molecule has 0 radical (unpaired) electrons. The minimum atomic E-state index is -4.66. The topological polar surface area (TPSA) is 69.6 Å². The quantitative estimate of drug-likeness (QED) is 0.123. The molecule has 4 aromatic carbocycles. The van der Waals surface area contributed by atoms with Crippen LogP contribution in [0.1, 0.15) is 127 Å². The Morgan fingerprint density at radius 3 is 1.73 bits per heavy atom. The summed E-state index contributed by atoms with van der Waals surface area (Å²) in [6.07, 6.45) is 0.497. The number of benzene rings is 4. The van der Waals surface area contributed by atoms with Crippen molar-refractivity contribution < 1.29 is 28.2 Å². The number of carbonyl (C=O) groups is 1. The zero-order valence-corrected chi connectivity index (χ0v) is 30.3. The smallest absolute Gasteiger partial charge is 0.421 e. The lowest BCUT2D eigenvalue weighted by molar-refractivity contribution is -0.258. The molecule has 3 N–H and O–H groups in total. The van der Waals surface area contributed by atoms with Crippen molar-refractivity contribution in [2.45, 2.75) is 117 Å². The molecule has 0 saturated carbocycles. The lowest BCUT2D eigenvalue weighted by Crippen LogP contribution is -2.39. The Kier molecular flexibility index (Phi) is 16.9. The van der Waals surface area contributed by atoms with Crippen LogP contribution >= 0.6 is 0 Å². The fraction of sp³-hybridized carbons (Fsp3) is 0.452. The third-order valence-corrected chi connectivity index (χ3v) is 9.41. The Balaban J connectivity index is 0.000000257. The van der Waals surface area contributed by atoms with Crippen LogP contribution in [0.2, 0.25) is 0 Å². The van der Waals surface area contributed by atoms with Gasteiger partial charge < -0.3 is 15.5 Å². The maximum absolute atomic E-state index is 12.6. The number of halogens is 3. The van der Waals surface area contributed by atoms with Gasteiger partial charge in [-0.15, -0.1) is 0 Å². The highest BCUT2D eigenvalue weighted by Gasteiger charge is 2.51. The highest BCUT2D eigenvalue weighted by atomic mass is 19.4. The van der Waals surface area contributed by atoms with Gasteiger partial charge >= 0.3 is 12.1 Å². The lowest BCUT2D eigenvalue weighted by Gasteiger charge is -2.27. The van der Waals surface area contributed by atoms with Crippen LogP contribution < -0.4 is 5.32 Å². The third kappa shape index (κ3) is 12.8. The summed E-state index contributed by atoms with van der Waals surface area (Å²) in [5.41, 5.74) is 2.02. The molecule has 0 saturated heterocycles. The maximum atomic E-state index is 12.6. The van der Waals surface area contributed by atoms with Gasteiger partial charge in [-0.2, -0.15) is 13.2 Å². The minimum absolute atomic E-state index is 0.128. The van der Waals surface area contributed by atoms with Gasteiger partial charge in [-0.3, -0.25) is 4.79 Å². The SMILES string of the molecule is CCC(C)c1ccc(C(C)(O)C(F)(F)F)cc1.CCC(C)c1ccc(NCCCCC(=O)O)cc1.CCC(C)c1cccc2ccccc12. The zero-order chi connectivity index (χ0) is 36.6. The molecule has 7 heteroatoms. The zero-order valence-electron chi connectivity index (χ0n) is 30.3. The van der Waals surface area contributed by atoms with Gasteiger partial charge in [0.15, 0.2) is 5.60 Å². The van der Waals surface area contributed by atoms with E-state index >= 15 is 0 Å². The Labute approximate surface area is 291 Å². The van der Waals surface area contributed by atoms with E-state index in [4.69, 9.17) is 5.11 Å². The fourth-order valence-corrected chi connectivity index (χ4v) is 5.23. The molecule has 4 rings (SSSR count). The van der Waals surface area contributed by atoms with E-state index in [1.54, 1.807) is 12.1 Å². The average molecular weight is 680 g/mol. The number of anilines is 1. The van der Waals surface area contributed by atoms with Gasteiger partial charge in [0, 0.05) is 18.7 Å². The summed E-state index contributed by atoms with van der Waals surface area (Å²) in [6, 6.07) is 29.7. The molecule has 49 heavy (non-hydrogen) atoms. The molecule has 268 valence electrons. The summed E-state index contributed by atoms with van der Waals surface area (Å²) in [5, 5.41) is 24.1. The Bertz CT molecular complexity index is 1530. The summed E-state index contributed by atoms with van der Waals surface area (Å²) in [6.45, 7) is 14.6. The van der Waals surface area contributed by atoms with Gasteiger partial charge in [0.25, 0.3) is 0 Å². The van der Waals surface area contributed by atoms with E-state index in [9.17, 15) is 23.1 Å². The molecule has 0 amide bonds. The van der Waals surface area contributed by atoms with E-state index in [0.717, 1.165) is 50.4 Å². The number of rotatable bonds is 13. The van der Waals surface area contributed by atoms with E-state index in [1.165, 1.54) is 40.5 Å². The predicted octanol–water partition coefficient (Wildman–Crippen LogP) is 12.2. The van der Waals surface area contributed by atoms with Crippen LogP contribution in [0.5, 0.6) is 0 Å². The molecule has 4 atom stereocenters. The molecule has 4 nitrogen and oxygen atoms in total.